The molecule has 0 aliphatic rings. The molecule has 1 amide bonds. The number of thiazole rings is 1. The van der Waals surface area contributed by atoms with Crippen molar-refractivity contribution in [2.75, 3.05) is 0 Å². The Bertz CT molecular complexity index is 1150. The van der Waals surface area contributed by atoms with Gasteiger partial charge in [0.2, 0.25) is 5.91 Å². The molecule has 0 saturated heterocycles. The number of pyridine rings is 1. The highest BCUT2D eigenvalue weighted by Gasteiger charge is 2.19. The lowest BCUT2D eigenvalue weighted by Gasteiger charge is -2.08. The van der Waals surface area contributed by atoms with Gasteiger partial charge in [-0.1, -0.05) is 12.1 Å². The largest absolute Gasteiger partial charge is 0.274 e. The van der Waals surface area contributed by atoms with E-state index in [9.17, 15) is 13.2 Å². The van der Waals surface area contributed by atoms with Crippen LogP contribution in [0.1, 0.15) is 16.8 Å². The van der Waals surface area contributed by atoms with Gasteiger partial charge in [-0.05, 0) is 30.7 Å². The number of benzene rings is 1. The molecule has 0 unspecified atom stereocenters. The fraction of sp³-hybridized carbons (Fsp3) is 0.111. The van der Waals surface area contributed by atoms with E-state index in [4.69, 9.17) is 5.26 Å². The predicted molar refractivity (Wildman–Crippen MR) is 100 cm³/mol. The van der Waals surface area contributed by atoms with Crippen LogP contribution < -0.4 is 4.72 Å². The van der Waals surface area contributed by atoms with Gasteiger partial charge >= 0.3 is 0 Å². The molecule has 0 atom stereocenters. The van der Waals surface area contributed by atoms with Gasteiger partial charge in [-0.25, -0.2) is 18.1 Å². The Kier molecular flexibility index (Phi) is 5.30. The quantitative estimate of drug-likeness (QED) is 0.706. The van der Waals surface area contributed by atoms with Gasteiger partial charge in [0.05, 0.1) is 16.9 Å². The molecule has 136 valence electrons. The molecular weight excluding hydrogens is 384 g/mol. The average Bonchev–Trinajstić information content (AvgIpc) is 3.08. The van der Waals surface area contributed by atoms with Crippen LogP contribution in [0.5, 0.6) is 0 Å². The Labute approximate surface area is 160 Å². The van der Waals surface area contributed by atoms with Gasteiger partial charge < -0.3 is 0 Å². The standard InChI is InChI=1S/C18H14N4O3S2/c1-12-11-26-18(21-12)15-3-2-4-16(7-15)27(24,25)22-17(23)6-13-5-14(8-19)10-20-9-13/h2-5,7,9-11H,6H2,1H3,(H,22,23). The number of nitrogens with zero attached hydrogens (tertiary/aromatic N) is 3. The van der Waals surface area contributed by atoms with Crippen LogP contribution in [-0.2, 0) is 21.2 Å². The number of nitrogens with one attached hydrogen (secondary N) is 1. The number of amides is 1. The van der Waals surface area contributed by atoms with Crippen molar-refractivity contribution in [3.8, 4) is 16.6 Å². The highest BCUT2D eigenvalue weighted by molar-refractivity contribution is 7.90. The van der Waals surface area contributed by atoms with Crippen molar-refractivity contribution in [3.05, 3.63) is 64.9 Å². The Morgan fingerprint density at radius 3 is 2.81 bits per heavy atom. The zero-order valence-corrected chi connectivity index (χ0v) is 15.8. The van der Waals surface area contributed by atoms with Crippen molar-refractivity contribution in [3.63, 3.8) is 0 Å². The van der Waals surface area contributed by atoms with Crippen molar-refractivity contribution in [1.29, 1.82) is 5.26 Å². The van der Waals surface area contributed by atoms with E-state index >= 15 is 0 Å². The first-order chi connectivity index (χ1) is 12.9. The second kappa shape index (κ2) is 7.65. The molecule has 3 rings (SSSR count). The summed E-state index contributed by atoms with van der Waals surface area (Å²) in [6.45, 7) is 1.86. The minimum atomic E-state index is -4.03. The Hall–Kier alpha value is -3.09. The molecule has 0 spiro atoms. The van der Waals surface area contributed by atoms with E-state index in [-0.39, 0.29) is 11.3 Å². The highest BCUT2D eigenvalue weighted by Crippen LogP contribution is 2.25. The number of rotatable bonds is 5. The molecule has 27 heavy (non-hydrogen) atoms. The van der Waals surface area contributed by atoms with E-state index < -0.39 is 15.9 Å². The zero-order chi connectivity index (χ0) is 19.4. The average molecular weight is 398 g/mol. The van der Waals surface area contributed by atoms with E-state index in [1.165, 1.54) is 41.9 Å². The summed E-state index contributed by atoms with van der Waals surface area (Å²) < 4.78 is 27.1. The molecule has 3 aromatic rings. The first kappa shape index (κ1) is 18.7. The number of aryl methyl sites for hydroxylation is 1. The number of carbonyl (C=O) groups excluding carboxylic acids is 1. The third-order valence-electron chi connectivity index (χ3n) is 3.55. The van der Waals surface area contributed by atoms with Crippen molar-refractivity contribution in [1.82, 2.24) is 14.7 Å². The van der Waals surface area contributed by atoms with Crippen molar-refractivity contribution in [2.24, 2.45) is 0 Å². The molecule has 1 aromatic carbocycles. The zero-order valence-electron chi connectivity index (χ0n) is 14.2. The van der Waals surface area contributed by atoms with Gasteiger partial charge in [0.15, 0.2) is 0 Å². The van der Waals surface area contributed by atoms with Crippen LogP contribution >= 0.6 is 11.3 Å². The SMILES string of the molecule is Cc1csc(-c2cccc(S(=O)(=O)NC(=O)Cc3cncc(C#N)c3)c2)n1. The van der Waals surface area contributed by atoms with Crippen molar-refractivity contribution < 1.29 is 13.2 Å². The maximum Gasteiger partial charge on any atom is 0.264 e. The number of sulfonamides is 1. The maximum absolute atomic E-state index is 12.5. The van der Waals surface area contributed by atoms with E-state index in [0.29, 0.717) is 21.7 Å². The normalized spacial score (nSPS) is 11.0. The maximum atomic E-state index is 12.5. The number of aromatic nitrogens is 2. The molecular formula is C18H14N4O3S2. The summed E-state index contributed by atoms with van der Waals surface area (Å²) in [4.78, 5) is 20.3. The Balaban J connectivity index is 1.78. The summed E-state index contributed by atoms with van der Waals surface area (Å²) in [5.74, 6) is -0.706. The third kappa shape index (κ3) is 4.55. The van der Waals surface area contributed by atoms with E-state index in [1.54, 1.807) is 12.1 Å². The first-order valence-electron chi connectivity index (χ1n) is 7.79. The molecule has 2 aromatic heterocycles. The van der Waals surface area contributed by atoms with E-state index in [2.05, 4.69) is 9.97 Å². The van der Waals surface area contributed by atoms with Crippen LogP contribution in [0.4, 0.5) is 0 Å². The number of hydrogen-bond acceptors (Lipinski definition) is 7. The minimum Gasteiger partial charge on any atom is -0.274 e. The van der Waals surface area contributed by atoms with Crippen LogP contribution in [-0.4, -0.2) is 24.3 Å². The molecule has 0 aliphatic heterocycles. The number of hydrogen-bond donors (Lipinski definition) is 1. The lowest BCUT2D eigenvalue weighted by atomic mass is 10.1. The monoisotopic (exact) mass is 398 g/mol. The smallest absolute Gasteiger partial charge is 0.264 e. The first-order valence-corrected chi connectivity index (χ1v) is 10.2. The van der Waals surface area contributed by atoms with Gasteiger partial charge in [0.1, 0.15) is 11.1 Å². The van der Waals surface area contributed by atoms with Crippen LogP contribution in [0, 0.1) is 18.3 Å². The molecule has 0 radical (unpaired) electrons. The molecule has 0 aliphatic carbocycles. The Morgan fingerprint density at radius 1 is 1.30 bits per heavy atom. The second-order valence-electron chi connectivity index (χ2n) is 5.72. The fourth-order valence-corrected chi connectivity index (χ4v) is 4.18. The molecule has 7 nitrogen and oxygen atoms in total. The van der Waals surface area contributed by atoms with E-state index in [0.717, 1.165) is 5.69 Å². The van der Waals surface area contributed by atoms with Crippen molar-refractivity contribution >= 4 is 27.3 Å². The molecule has 1 N–H and O–H groups in total. The molecule has 0 saturated carbocycles. The van der Waals surface area contributed by atoms with E-state index in [1.807, 2.05) is 23.1 Å². The van der Waals surface area contributed by atoms with Gasteiger partial charge in [0, 0.05) is 29.0 Å². The Morgan fingerprint density at radius 2 is 2.11 bits per heavy atom. The lowest BCUT2D eigenvalue weighted by Crippen LogP contribution is -2.31. The summed E-state index contributed by atoms with van der Waals surface area (Å²) in [6.07, 6.45) is 2.58. The topological polar surface area (TPSA) is 113 Å². The van der Waals surface area contributed by atoms with Gasteiger partial charge in [-0.2, -0.15) is 5.26 Å². The van der Waals surface area contributed by atoms with Crippen LogP contribution in [0.3, 0.4) is 0 Å². The fourth-order valence-electron chi connectivity index (χ4n) is 2.36. The van der Waals surface area contributed by atoms with Gasteiger partial charge in [0.25, 0.3) is 10.0 Å². The number of nitriles is 1. The third-order valence-corrected chi connectivity index (χ3v) is 5.93. The van der Waals surface area contributed by atoms with Gasteiger partial charge in [-0.3, -0.25) is 9.78 Å². The summed E-state index contributed by atoms with van der Waals surface area (Å²) in [5.41, 5.74) is 2.27. The second-order valence-corrected chi connectivity index (χ2v) is 8.26. The minimum absolute atomic E-state index is 0.0231. The highest BCUT2D eigenvalue weighted by atomic mass is 32.2. The molecule has 2 heterocycles. The predicted octanol–water partition coefficient (Wildman–Crippen LogP) is 2.43. The van der Waals surface area contributed by atoms with Crippen LogP contribution in [0.25, 0.3) is 10.6 Å². The summed E-state index contributed by atoms with van der Waals surface area (Å²) in [7, 11) is -4.03. The summed E-state index contributed by atoms with van der Waals surface area (Å²) >= 11 is 1.41. The van der Waals surface area contributed by atoms with Crippen molar-refractivity contribution in [2.45, 2.75) is 18.2 Å². The lowest BCUT2D eigenvalue weighted by molar-refractivity contribution is -0.118. The number of carbonyl (C=O) groups is 1. The van der Waals surface area contributed by atoms with Crippen LogP contribution in [0.2, 0.25) is 0 Å². The molecule has 9 heteroatoms. The molecule has 0 fully saturated rings. The van der Waals surface area contributed by atoms with Crippen LogP contribution in [0.15, 0.2) is 53.0 Å². The van der Waals surface area contributed by atoms with Gasteiger partial charge in [-0.15, -0.1) is 11.3 Å². The summed E-state index contributed by atoms with van der Waals surface area (Å²) in [5, 5.41) is 11.4. The molecule has 0 bridgehead atoms. The summed E-state index contributed by atoms with van der Waals surface area (Å²) in [6, 6.07) is 9.67.